The second kappa shape index (κ2) is 11.9. The predicted octanol–water partition coefficient (Wildman–Crippen LogP) is 6.62. The molecular formula is C29H38ClN2O3S+. The molecule has 36 heavy (non-hydrogen) atoms. The summed E-state index contributed by atoms with van der Waals surface area (Å²) in [5, 5.41) is 0.611. The minimum absolute atomic E-state index is 0.0467. The summed E-state index contributed by atoms with van der Waals surface area (Å²) >= 11 is 5.91. The predicted molar refractivity (Wildman–Crippen MR) is 146 cm³/mol. The van der Waals surface area contributed by atoms with Gasteiger partial charge in [0.1, 0.15) is 6.54 Å². The monoisotopic (exact) mass is 529 g/mol. The molecule has 2 aromatic carbocycles. The number of hydrogen-bond donors (Lipinski definition) is 0. The standard InChI is InChI=1S/C29H38ClN2O3S/c1-32(2,18-9-19-36(33,34)22-23-14-16-26(30)17-15-23)21-27-20-31-29(35-27)28(24-10-5-3-6-11-24)25-12-7-4-8-13-25/h3,5-6,10-11,14-17,20,25,28H,4,7-9,12-13,18-19,21-22H2,1-2H3/q+1/t28-/m1/s1. The van der Waals surface area contributed by atoms with Crippen LogP contribution >= 0.6 is 11.6 Å². The van der Waals surface area contributed by atoms with Gasteiger partial charge < -0.3 is 8.90 Å². The average Bonchev–Trinajstić information content (AvgIpc) is 3.28. The van der Waals surface area contributed by atoms with E-state index in [0.717, 1.165) is 23.8 Å². The fraction of sp³-hybridized carbons (Fsp3) is 0.483. The van der Waals surface area contributed by atoms with E-state index in [1.165, 1.54) is 37.7 Å². The van der Waals surface area contributed by atoms with E-state index >= 15 is 0 Å². The molecule has 1 aliphatic carbocycles. The van der Waals surface area contributed by atoms with E-state index in [9.17, 15) is 8.42 Å². The first-order chi connectivity index (χ1) is 17.2. The third kappa shape index (κ3) is 7.67. The fourth-order valence-corrected chi connectivity index (χ4v) is 6.94. The molecule has 3 aromatic rings. The minimum Gasteiger partial charge on any atom is -0.439 e. The van der Waals surface area contributed by atoms with E-state index in [2.05, 4.69) is 44.4 Å². The largest absolute Gasteiger partial charge is 0.439 e. The quantitative estimate of drug-likeness (QED) is 0.262. The summed E-state index contributed by atoms with van der Waals surface area (Å²) in [5.41, 5.74) is 2.05. The van der Waals surface area contributed by atoms with Crippen molar-refractivity contribution in [2.24, 2.45) is 5.92 Å². The molecule has 5 nitrogen and oxygen atoms in total. The van der Waals surface area contributed by atoms with Gasteiger partial charge in [0.05, 0.1) is 44.3 Å². The van der Waals surface area contributed by atoms with Crippen LogP contribution in [0.25, 0.3) is 0 Å². The van der Waals surface area contributed by atoms with E-state index in [4.69, 9.17) is 21.0 Å². The number of benzene rings is 2. The number of oxazole rings is 1. The zero-order valence-corrected chi connectivity index (χ0v) is 23.0. The Labute approximate surface area is 221 Å². The molecule has 0 spiro atoms. The van der Waals surface area contributed by atoms with Crippen molar-refractivity contribution in [3.05, 3.63) is 88.6 Å². The molecule has 0 N–H and O–H groups in total. The topological polar surface area (TPSA) is 60.2 Å². The van der Waals surface area contributed by atoms with Crippen molar-refractivity contribution in [1.29, 1.82) is 0 Å². The number of nitrogens with zero attached hydrogens (tertiary/aromatic N) is 2. The number of sulfone groups is 1. The van der Waals surface area contributed by atoms with Gasteiger partial charge in [0.2, 0.25) is 5.89 Å². The molecule has 1 heterocycles. The Bertz CT molecular complexity index is 1200. The van der Waals surface area contributed by atoms with Crippen molar-refractivity contribution in [3.63, 3.8) is 0 Å². The van der Waals surface area contributed by atoms with E-state index in [-0.39, 0.29) is 17.4 Å². The number of aromatic nitrogens is 1. The van der Waals surface area contributed by atoms with Crippen molar-refractivity contribution in [2.45, 2.75) is 56.7 Å². The third-order valence-corrected chi connectivity index (χ3v) is 9.16. The summed E-state index contributed by atoms with van der Waals surface area (Å²) in [6, 6.07) is 17.6. The molecule has 1 atom stereocenters. The Morgan fingerprint density at radius 2 is 1.72 bits per heavy atom. The van der Waals surface area contributed by atoms with Crippen LogP contribution in [-0.4, -0.2) is 44.3 Å². The molecule has 1 aromatic heterocycles. The van der Waals surface area contributed by atoms with E-state index in [0.29, 0.717) is 28.4 Å². The maximum absolute atomic E-state index is 12.6. The smallest absolute Gasteiger partial charge is 0.202 e. The fourth-order valence-electron chi connectivity index (χ4n) is 5.40. The first-order valence-electron chi connectivity index (χ1n) is 13.0. The highest BCUT2D eigenvalue weighted by atomic mass is 35.5. The average molecular weight is 530 g/mol. The van der Waals surface area contributed by atoms with Crippen LogP contribution in [-0.2, 0) is 22.1 Å². The number of halogens is 1. The summed E-state index contributed by atoms with van der Waals surface area (Å²) in [4.78, 5) is 4.74. The highest BCUT2D eigenvalue weighted by molar-refractivity contribution is 7.90. The van der Waals surface area contributed by atoms with E-state index in [1.807, 2.05) is 6.20 Å². The molecule has 1 fully saturated rings. The molecule has 0 radical (unpaired) electrons. The SMILES string of the molecule is C[N+](C)(CCCS(=O)(=O)Cc1ccc(Cl)cc1)Cc1cnc([C@H](c2ccccc2)C2CCCCC2)o1. The molecule has 1 saturated carbocycles. The Hall–Kier alpha value is -2.15. The zero-order chi connectivity index (χ0) is 25.6. The lowest BCUT2D eigenvalue weighted by molar-refractivity contribution is -0.904. The van der Waals surface area contributed by atoms with Crippen molar-refractivity contribution < 1.29 is 17.3 Å². The summed E-state index contributed by atoms with van der Waals surface area (Å²) in [5.74, 6) is 2.63. The molecule has 0 aliphatic heterocycles. The highest BCUT2D eigenvalue weighted by Crippen LogP contribution is 2.40. The zero-order valence-electron chi connectivity index (χ0n) is 21.4. The van der Waals surface area contributed by atoms with Crippen LogP contribution in [0.4, 0.5) is 0 Å². The lowest BCUT2D eigenvalue weighted by Crippen LogP contribution is -2.40. The van der Waals surface area contributed by atoms with Gasteiger partial charge in [-0.2, -0.15) is 0 Å². The molecular weight excluding hydrogens is 492 g/mol. The summed E-state index contributed by atoms with van der Waals surface area (Å²) in [6.07, 6.45) is 8.74. The molecule has 7 heteroatoms. The van der Waals surface area contributed by atoms with Crippen molar-refractivity contribution in [2.75, 3.05) is 26.4 Å². The third-order valence-electron chi connectivity index (χ3n) is 7.22. The minimum atomic E-state index is -3.18. The van der Waals surface area contributed by atoms with Gasteiger partial charge in [0, 0.05) is 11.4 Å². The first-order valence-corrected chi connectivity index (χ1v) is 15.2. The van der Waals surface area contributed by atoms with Gasteiger partial charge in [0.25, 0.3) is 0 Å². The van der Waals surface area contributed by atoms with Crippen molar-refractivity contribution >= 4 is 21.4 Å². The second-order valence-corrected chi connectivity index (χ2v) is 13.5. The number of rotatable bonds is 11. The van der Waals surface area contributed by atoms with Crippen LogP contribution in [0.3, 0.4) is 0 Å². The van der Waals surface area contributed by atoms with Crippen LogP contribution < -0.4 is 0 Å². The van der Waals surface area contributed by atoms with Crippen molar-refractivity contribution in [1.82, 2.24) is 4.98 Å². The molecule has 0 bridgehead atoms. The summed E-state index contributed by atoms with van der Waals surface area (Å²) < 4.78 is 32.3. The van der Waals surface area contributed by atoms with Gasteiger partial charge in [-0.3, -0.25) is 0 Å². The Morgan fingerprint density at radius 3 is 2.42 bits per heavy atom. The maximum Gasteiger partial charge on any atom is 0.202 e. The molecule has 194 valence electrons. The molecule has 0 saturated heterocycles. The maximum atomic E-state index is 12.6. The second-order valence-electron chi connectivity index (χ2n) is 10.8. The van der Waals surface area contributed by atoms with Crippen LogP contribution in [0.15, 0.2) is 65.2 Å². The molecule has 4 rings (SSSR count). The highest BCUT2D eigenvalue weighted by Gasteiger charge is 2.31. The van der Waals surface area contributed by atoms with Gasteiger partial charge in [-0.05, 0) is 42.0 Å². The molecule has 1 aliphatic rings. The van der Waals surface area contributed by atoms with Crippen LogP contribution in [0.1, 0.15) is 67.2 Å². The van der Waals surface area contributed by atoms with Gasteiger partial charge in [-0.15, -0.1) is 0 Å². The lowest BCUT2D eigenvalue weighted by Gasteiger charge is -2.29. The molecule has 0 amide bonds. The van der Waals surface area contributed by atoms with Crippen molar-refractivity contribution in [3.8, 4) is 0 Å². The van der Waals surface area contributed by atoms with Crippen LogP contribution in [0, 0.1) is 5.92 Å². The van der Waals surface area contributed by atoms with Gasteiger partial charge in [-0.1, -0.05) is 73.3 Å². The van der Waals surface area contributed by atoms with Gasteiger partial charge in [-0.25, -0.2) is 13.4 Å². The van der Waals surface area contributed by atoms with Gasteiger partial charge >= 0.3 is 0 Å². The molecule has 0 unspecified atom stereocenters. The van der Waals surface area contributed by atoms with Crippen LogP contribution in [0.2, 0.25) is 5.02 Å². The first kappa shape index (κ1) is 26.9. The Kier molecular flexibility index (Phi) is 8.91. The Balaban J connectivity index is 1.36. The van der Waals surface area contributed by atoms with E-state index < -0.39 is 9.84 Å². The number of hydrogen-bond acceptors (Lipinski definition) is 4. The van der Waals surface area contributed by atoms with Crippen LogP contribution in [0.5, 0.6) is 0 Å². The number of quaternary nitrogens is 1. The summed E-state index contributed by atoms with van der Waals surface area (Å²) in [7, 11) is 1.05. The lowest BCUT2D eigenvalue weighted by atomic mass is 9.77. The summed E-state index contributed by atoms with van der Waals surface area (Å²) in [6.45, 7) is 1.41. The van der Waals surface area contributed by atoms with Gasteiger partial charge in [0.15, 0.2) is 15.6 Å². The van der Waals surface area contributed by atoms with E-state index in [1.54, 1.807) is 24.3 Å². The Morgan fingerprint density at radius 1 is 1.03 bits per heavy atom. The normalized spacial score (nSPS) is 16.2.